The van der Waals surface area contributed by atoms with Crippen molar-refractivity contribution in [3.63, 3.8) is 0 Å². The van der Waals surface area contributed by atoms with Crippen LogP contribution in [0.15, 0.2) is 24.4 Å². The first-order valence-electron chi connectivity index (χ1n) is 6.14. The van der Waals surface area contributed by atoms with Crippen LogP contribution in [0.4, 0.5) is 4.39 Å². The Morgan fingerprint density at radius 1 is 1.44 bits per heavy atom. The maximum Gasteiger partial charge on any atom is 0.170 e. The first-order chi connectivity index (χ1) is 8.75. The van der Waals surface area contributed by atoms with Crippen molar-refractivity contribution in [3.8, 4) is 0 Å². The summed E-state index contributed by atoms with van der Waals surface area (Å²) in [5.41, 5.74) is 1.30. The van der Waals surface area contributed by atoms with E-state index in [4.69, 9.17) is 4.74 Å². The molecule has 0 spiro atoms. The van der Waals surface area contributed by atoms with Gasteiger partial charge in [0.15, 0.2) is 5.78 Å². The molecular formula is C14H14FNO2. The van der Waals surface area contributed by atoms with Gasteiger partial charge in [-0.1, -0.05) is 0 Å². The molecule has 1 saturated heterocycles. The van der Waals surface area contributed by atoms with Crippen LogP contribution in [0, 0.1) is 11.7 Å². The first kappa shape index (κ1) is 11.4. The molecule has 2 heterocycles. The molecule has 18 heavy (non-hydrogen) atoms. The number of hydrogen-bond acceptors (Lipinski definition) is 2. The number of H-pyrrole nitrogens is 1. The van der Waals surface area contributed by atoms with Gasteiger partial charge >= 0.3 is 0 Å². The summed E-state index contributed by atoms with van der Waals surface area (Å²) < 4.78 is 18.4. The minimum Gasteiger partial charge on any atom is -0.381 e. The number of carbonyl (C=O) groups excluding carboxylic acids is 1. The standard InChI is InChI=1S/C14H14FNO2/c15-10-3-4-11-12(7-16-13(11)6-10)14(17)9-2-1-5-18-8-9/h3-4,6-7,9,16H,1-2,5,8H2. The van der Waals surface area contributed by atoms with Crippen LogP contribution in [-0.4, -0.2) is 24.0 Å². The quantitative estimate of drug-likeness (QED) is 0.829. The Morgan fingerprint density at radius 3 is 3.11 bits per heavy atom. The van der Waals surface area contributed by atoms with E-state index < -0.39 is 0 Å². The number of fused-ring (bicyclic) bond motifs is 1. The van der Waals surface area contributed by atoms with Crippen molar-refractivity contribution >= 4 is 16.7 Å². The van der Waals surface area contributed by atoms with Gasteiger partial charge in [0.25, 0.3) is 0 Å². The normalized spacial score (nSPS) is 20.2. The fourth-order valence-corrected chi connectivity index (χ4v) is 2.47. The number of nitrogens with one attached hydrogen (secondary N) is 1. The minimum absolute atomic E-state index is 0.0668. The van der Waals surface area contributed by atoms with E-state index >= 15 is 0 Å². The van der Waals surface area contributed by atoms with Gasteiger partial charge in [-0.15, -0.1) is 0 Å². The zero-order chi connectivity index (χ0) is 12.5. The van der Waals surface area contributed by atoms with Crippen molar-refractivity contribution in [3.05, 3.63) is 35.8 Å². The molecule has 1 aliphatic rings. The minimum atomic E-state index is -0.302. The first-order valence-corrected chi connectivity index (χ1v) is 6.14. The number of halogens is 1. The third kappa shape index (κ3) is 1.93. The highest BCUT2D eigenvalue weighted by atomic mass is 19.1. The second-order valence-electron chi connectivity index (χ2n) is 4.67. The lowest BCUT2D eigenvalue weighted by atomic mass is 9.92. The summed E-state index contributed by atoms with van der Waals surface area (Å²) >= 11 is 0. The monoisotopic (exact) mass is 247 g/mol. The van der Waals surface area contributed by atoms with Crippen molar-refractivity contribution in [2.75, 3.05) is 13.2 Å². The van der Waals surface area contributed by atoms with Gasteiger partial charge in [-0.3, -0.25) is 4.79 Å². The van der Waals surface area contributed by atoms with Gasteiger partial charge in [-0.05, 0) is 31.0 Å². The number of hydrogen-bond donors (Lipinski definition) is 1. The van der Waals surface area contributed by atoms with Gasteiger partial charge < -0.3 is 9.72 Å². The fourth-order valence-electron chi connectivity index (χ4n) is 2.47. The van der Waals surface area contributed by atoms with E-state index in [2.05, 4.69) is 4.98 Å². The summed E-state index contributed by atoms with van der Waals surface area (Å²) in [6.45, 7) is 1.23. The largest absolute Gasteiger partial charge is 0.381 e. The van der Waals surface area contributed by atoms with Crippen molar-refractivity contribution < 1.29 is 13.9 Å². The molecule has 0 aliphatic carbocycles. The van der Waals surface area contributed by atoms with E-state index in [-0.39, 0.29) is 17.5 Å². The van der Waals surface area contributed by atoms with Crippen molar-refractivity contribution in [1.29, 1.82) is 0 Å². The highest BCUT2D eigenvalue weighted by molar-refractivity contribution is 6.08. The smallest absolute Gasteiger partial charge is 0.170 e. The van der Waals surface area contributed by atoms with Gasteiger partial charge in [0.2, 0.25) is 0 Å². The van der Waals surface area contributed by atoms with Gasteiger partial charge in [-0.2, -0.15) is 0 Å². The Morgan fingerprint density at radius 2 is 2.33 bits per heavy atom. The van der Waals surface area contributed by atoms with Crippen LogP contribution < -0.4 is 0 Å². The molecule has 0 radical (unpaired) electrons. The summed E-state index contributed by atoms with van der Waals surface area (Å²) in [7, 11) is 0. The number of aromatic amines is 1. The number of carbonyl (C=O) groups is 1. The Balaban J connectivity index is 1.96. The lowest BCUT2D eigenvalue weighted by Gasteiger charge is -2.20. The van der Waals surface area contributed by atoms with Crippen LogP contribution in [0.3, 0.4) is 0 Å². The highest BCUT2D eigenvalue weighted by Gasteiger charge is 2.24. The molecule has 1 unspecified atom stereocenters. The molecule has 0 bridgehead atoms. The van der Waals surface area contributed by atoms with Crippen molar-refractivity contribution in [2.24, 2.45) is 5.92 Å². The molecule has 1 aromatic heterocycles. The number of benzene rings is 1. The second kappa shape index (κ2) is 4.53. The maximum absolute atomic E-state index is 13.1. The molecule has 1 aromatic carbocycles. The van der Waals surface area contributed by atoms with E-state index in [9.17, 15) is 9.18 Å². The molecule has 1 fully saturated rings. The summed E-state index contributed by atoms with van der Waals surface area (Å²) in [6.07, 6.45) is 3.46. The summed E-state index contributed by atoms with van der Waals surface area (Å²) in [5, 5.41) is 0.784. The van der Waals surface area contributed by atoms with E-state index in [1.54, 1.807) is 12.3 Å². The highest BCUT2D eigenvalue weighted by Crippen LogP contribution is 2.25. The van der Waals surface area contributed by atoms with Crippen LogP contribution in [0.25, 0.3) is 10.9 Å². The molecule has 4 heteroatoms. The third-order valence-electron chi connectivity index (χ3n) is 3.44. The van der Waals surface area contributed by atoms with Gasteiger partial charge in [0.1, 0.15) is 5.82 Å². The number of Topliss-reactive ketones (excluding diaryl/α,β-unsaturated/α-hetero) is 1. The van der Waals surface area contributed by atoms with E-state index in [0.29, 0.717) is 17.7 Å². The van der Waals surface area contributed by atoms with Crippen LogP contribution >= 0.6 is 0 Å². The number of ether oxygens (including phenoxy) is 1. The Bertz CT molecular complexity index is 584. The summed E-state index contributed by atoms with van der Waals surface area (Å²) in [4.78, 5) is 15.3. The number of aromatic nitrogens is 1. The predicted octanol–water partition coefficient (Wildman–Crippen LogP) is 2.92. The summed E-state index contributed by atoms with van der Waals surface area (Å²) in [6, 6.07) is 4.44. The number of ketones is 1. The average molecular weight is 247 g/mol. The Labute approximate surface area is 104 Å². The molecule has 2 aromatic rings. The van der Waals surface area contributed by atoms with Crippen LogP contribution in [0.5, 0.6) is 0 Å². The molecule has 1 N–H and O–H groups in total. The lowest BCUT2D eigenvalue weighted by molar-refractivity contribution is 0.0462. The van der Waals surface area contributed by atoms with E-state index in [1.165, 1.54) is 12.1 Å². The number of rotatable bonds is 2. The zero-order valence-corrected chi connectivity index (χ0v) is 9.91. The fraction of sp³-hybridized carbons (Fsp3) is 0.357. The van der Waals surface area contributed by atoms with Gasteiger partial charge in [0, 0.05) is 35.2 Å². The predicted molar refractivity (Wildman–Crippen MR) is 66.1 cm³/mol. The molecule has 3 rings (SSSR count). The van der Waals surface area contributed by atoms with Crippen molar-refractivity contribution in [2.45, 2.75) is 12.8 Å². The van der Waals surface area contributed by atoms with Crippen molar-refractivity contribution in [1.82, 2.24) is 4.98 Å². The van der Waals surface area contributed by atoms with Crippen LogP contribution in [0.2, 0.25) is 0 Å². The summed E-state index contributed by atoms with van der Waals surface area (Å²) in [5.74, 6) is -0.278. The Hall–Kier alpha value is -1.68. The molecule has 3 nitrogen and oxygen atoms in total. The molecule has 0 amide bonds. The maximum atomic E-state index is 13.1. The Kier molecular flexibility index (Phi) is 2.88. The van der Waals surface area contributed by atoms with Gasteiger partial charge in [0.05, 0.1) is 6.61 Å². The average Bonchev–Trinajstić information content (AvgIpc) is 2.81. The topological polar surface area (TPSA) is 42.1 Å². The third-order valence-corrected chi connectivity index (χ3v) is 3.44. The molecule has 0 saturated carbocycles. The SMILES string of the molecule is O=C(c1c[nH]c2cc(F)ccc12)C1CCCOC1. The van der Waals surface area contributed by atoms with E-state index in [0.717, 1.165) is 24.8 Å². The van der Waals surface area contributed by atoms with Crippen LogP contribution in [-0.2, 0) is 4.74 Å². The molecule has 1 aliphatic heterocycles. The zero-order valence-electron chi connectivity index (χ0n) is 9.91. The lowest BCUT2D eigenvalue weighted by Crippen LogP contribution is -2.25. The van der Waals surface area contributed by atoms with Gasteiger partial charge in [-0.25, -0.2) is 4.39 Å². The molecular weight excluding hydrogens is 233 g/mol. The van der Waals surface area contributed by atoms with E-state index in [1.807, 2.05) is 0 Å². The molecule has 94 valence electrons. The second-order valence-corrected chi connectivity index (χ2v) is 4.67. The molecule has 1 atom stereocenters. The van der Waals surface area contributed by atoms with Crippen LogP contribution in [0.1, 0.15) is 23.2 Å².